The predicted molar refractivity (Wildman–Crippen MR) is 122 cm³/mol. The van der Waals surface area contributed by atoms with E-state index in [1.54, 1.807) is 0 Å². The number of imide groups is 1. The Kier molecular flexibility index (Phi) is 5.95. The third kappa shape index (κ3) is 3.91. The highest BCUT2D eigenvalue weighted by Gasteiger charge is 2.59. The summed E-state index contributed by atoms with van der Waals surface area (Å²) in [6.45, 7) is 2.60. The van der Waals surface area contributed by atoms with E-state index < -0.39 is 16.1 Å². The SMILES string of the molecule is COC(=O)Nc1ccc(S(=O)(=O)N2CCN(CCN3C(=O)[C@@H]4[C@@H](C3=O)[C@H]3C=C[C@H]4C3)CC2)cc1. The van der Waals surface area contributed by atoms with Crippen molar-refractivity contribution in [2.75, 3.05) is 51.7 Å². The number of allylic oxidation sites excluding steroid dienone is 2. The number of fused-ring (bicyclic) bond motifs is 5. The molecule has 2 heterocycles. The molecule has 2 aliphatic heterocycles. The van der Waals surface area contributed by atoms with E-state index in [1.165, 1.54) is 40.6 Å². The van der Waals surface area contributed by atoms with E-state index in [9.17, 15) is 22.8 Å². The maximum Gasteiger partial charge on any atom is 0.411 e. The van der Waals surface area contributed by atoms with E-state index in [0.717, 1.165) is 6.42 Å². The van der Waals surface area contributed by atoms with Gasteiger partial charge in [-0.1, -0.05) is 12.2 Å². The highest BCUT2D eigenvalue weighted by atomic mass is 32.2. The minimum atomic E-state index is -3.66. The van der Waals surface area contributed by atoms with Crippen molar-refractivity contribution >= 4 is 33.6 Å². The van der Waals surface area contributed by atoms with Crippen LogP contribution in [0.1, 0.15) is 6.42 Å². The van der Waals surface area contributed by atoms with Crippen molar-refractivity contribution in [2.45, 2.75) is 11.3 Å². The molecular weight excluding hydrogens is 460 g/mol. The maximum absolute atomic E-state index is 13.0. The molecule has 1 aromatic rings. The minimum Gasteiger partial charge on any atom is -0.453 e. The number of carbonyl (C=O) groups is 3. The fraction of sp³-hybridized carbons (Fsp3) is 0.522. The van der Waals surface area contributed by atoms with E-state index in [1.807, 2.05) is 0 Å². The second kappa shape index (κ2) is 8.79. The Morgan fingerprint density at radius 3 is 2.12 bits per heavy atom. The second-order valence-electron chi connectivity index (χ2n) is 9.21. The average molecular weight is 489 g/mol. The zero-order chi connectivity index (χ0) is 24.0. The van der Waals surface area contributed by atoms with Crippen molar-refractivity contribution in [2.24, 2.45) is 23.7 Å². The fourth-order valence-corrected chi connectivity index (χ4v) is 7.07. The van der Waals surface area contributed by atoms with Crippen molar-refractivity contribution < 1.29 is 27.5 Å². The highest BCUT2D eigenvalue weighted by Crippen LogP contribution is 2.52. The number of rotatable bonds is 6. The molecular formula is C23H28N4O6S. The van der Waals surface area contributed by atoms with Gasteiger partial charge in [-0.3, -0.25) is 24.7 Å². The van der Waals surface area contributed by atoms with Crippen LogP contribution in [-0.4, -0.2) is 86.8 Å². The van der Waals surface area contributed by atoms with Gasteiger partial charge in [-0.25, -0.2) is 13.2 Å². The van der Waals surface area contributed by atoms with Crippen molar-refractivity contribution in [3.8, 4) is 0 Å². The number of amides is 3. The van der Waals surface area contributed by atoms with Gasteiger partial charge in [0.2, 0.25) is 21.8 Å². The van der Waals surface area contributed by atoms with Crippen LogP contribution in [0.15, 0.2) is 41.3 Å². The van der Waals surface area contributed by atoms with Gasteiger partial charge in [0.05, 0.1) is 23.8 Å². The number of carbonyl (C=O) groups excluding carboxylic acids is 3. The van der Waals surface area contributed by atoms with Crippen LogP contribution in [0.25, 0.3) is 0 Å². The van der Waals surface area contributed by atoms with E-state index in [2.05, 4.69) is 27.1 Å². The molecule has 182 valence electrons. The summed E-state index contributed by atoms with van der Waals surface area (Å²) >= 11 is 0. The van der Waals surface area contributed by atoms with Crippen molar-refractivity contribution in [1.82, 2.24) is 14.1 Å². The van der Waals surface area contributed by atoms with Crippen LogP contribution < -0.4 is 5.32 Å². The first-order chi connectivity index (χ1) is 16.3. The number of sulfonamides is 1. The topological polar surface area (TPSA) is 116 Å². The van der Waals surface area contributed by atoms with E-state index in [4.69, 9.17) is 0 Å². The summed E-state index contributed by atoms with van der Waals surface area (Å²) in [5, 5.41) is 2.49. The van der Waals surface area contributed by atoms with Crippen molar-refractivity contribution in [1.29, 1.82) is 0 Å². The number of nitrogens with one attached hydrogen (secondary N) is 1. The number of piperazine rings is 1. The van der Waals surface area contributed by atoms with Crippen LogP contribution in [0, 0.1) is 23.7 Å². The summed E-state index contributed by atoms with van der Waals surface area (Å²) < 4.78 is 32.0. The molecule has 1 aromatic carbocycles. The van der Waals surface area contributed by atoms with Crippen LogP contribution in [0.3, 0.4) is 0 Å². The highest BCUT2D eigenvalue weighted by molar-refractivity contribution is 7.89. The first-order valence-corrected chi connectivity index (χ1v) is 12.9. The third-order valence-electron chi connectivity index (χ3n) is 7.46. The van der Waals surface area contributed by atoms with Crippen molar-refractivity contribution in [3.05, 3.63) is 36.4 Å². The van der Waals surface area contributed by atoms with Crippen LogP contribution in [0.2, 0.25) is 0 Å². The molecule has 0 radical (unpaired) electrons. The molecule has 10 nitrogen and oxygen atoms in total. The van der Waals surface area contributed by atoms with Gasteiger partial charge in [0.15, 0.2) is 0 Å². The lowest BCUT2D eigenvalue weighted by atomic mass is 9.85. The number of nitrogens with zero attached hydrogens (tertiary/aromatic N) is 3. The number of methoxy groups -OCH3 is 1. The van der Waals surface area contributed by atoms with Gasteiger partial charge in [0, 0.05) is 45.0 Å². The molecule has 0 spiro atoms. The molecule has 1 saturated carbocycles. The molecule has 4 aliphatic rings. The smallest absolute Gasteiger partial charge is 0.411 e. The molecule has 0 aromatic heterocycles. The third-order valence-corrected chi connectivity index (χ3v) is 9.37. The Labute approximate surface area is 198 Å². The first kappa shape index (κ1) is 23.0. The normalized spacial score (nSPS) is 29.0. The number of anilines is 1. The van der Waals surface area contributed by atoms with Gasteiger partial charge in [-0.15, -0.1) is 0 Å². The molecule has 2 aliphatic carbocycles. The lowest BCUT2D eigenvalue weighted by Crippen LogP contribution is -2.50. The first-order valence-electron chi connectivity index (χ1n) is 11.5. The molecule has 3 fully saturated rings. The lowest BCUT2D eigenvalue weighted by Gasteiger charge is -2.34. The average Bonchev–Trinajstić information content (AvgIpc) is 3.52. The van der Waals surface area contributed by atoms with Gasteiger partial charge in [-0.05, 0) is 42.5 Å². The van der Waals surface area contributed by atoms with Gasteiger partial charge >= 0.3 is 6.09 Å². The van der Waals surface area contributed by atoms with E-state index in [0.29, 0.717) is 45.0 Å². The molecule has 11 heteroatoms. The number of benzene rings is 1. The summed E-state index contributed by atoms with van der Waals surface area (Å²) in [6.07, 6.45) is 4.46. The summed E-state index contributed by atoms with van der Waals surface area (Å²) in [6, 6.07) is 5.94. The quantitative estimate of drug-likeness (QED) is 0.469. The summed E-state index contributed by atoms with van der Waals surface area (Å²) in [5.41, 5.74) is 0.439. The zero-order valence-corrected chi connectivity index (χ0v) is 19.7. The van der Waals surface area contributed by atoms with E-state index in [-0.39, 0.29) is 40.4 Å². The Balaban J connectivity index is 1.13. The minimum absolute atomic E-state index is 0.0433. The Hall–Kier alpha value is -2.76. The molecule has 2 saturated heterocycles. The zero-order valence-electron chi connectivity index (χ0n) is 18.9. The number of hydrogen-bond acceptors (Lipinski definition) is 7. The summed E-state index contributed by atoms with van der Waals surface area (Å²) in [7, 11) is -2.41. The van der Waals surface area contributed by atoms with Crippen LogP contribution in [-0.2, 0) is 24.3 Å². The van der Waals surface area contributed by atoms with Crippen LogP contribution in [0.4, 0.5) is 10.5 Å². The molecule has 34 heavy (non-hydrogen) atoms. The monoisotopic (exact) mass is 488 g/mol. The molecule has 4 atom stereocenters. The van der Waals surface area contributed by atoms with Gasteiger partial charge in [0.25, 0.3) is 0 Å². The number of ether oxygens (including phenoxy) is 1. The lowest BCUT2D eigenvalue weighted by molar-refractivity contribution is -0.141. The summed E-state index contributed by atoms with van der Waals surface area (Å²) in [4.78, 5) is 40.6. The van der Waals surface area contributed by atoms with Gasteiger partial charge < -0.3 is 4.74 Å². The van der Waals surface area contributed by atoms with Gasteiger partial charge in [0.1, 0.15) is 0 Å². The number of likely N-dealkylation sites (tertiary alicyclic amines) is 1. The largest absolute Gasteiger partial charge is 0.453 e. The summed E-state index contributed by atoms with van der Waals surface area (Å²) in [5.74, 6) is -0.0418. The molecule has 5 rings (SSSR count). The fourth-order valence-electron chi connectivity index (χ4n) is 5.65. The Bertz CT molecular complexity index is 1100. The van der Waals surface area contributed by atoms with Gasteiger partial charge in [-0.2, -0.15) is 4.31 Å². The Morgan fingerprint density at radius 2 is 1.56 bits per heavy atom. The van der Waals surface area contributed by atoms with Crippen LogP contribution >= 0.6 is 0 Å². The second-order valence-corrected chi connectivity index (χ2v) is 11.2. The van der Waals surface area contributed by atoms with Crippen molar-refractivity contribution in [3.63, 3.8) is 0 Å². The van der Waals surface area contributed by atoms with Crippen LogP contribution in [0.5, 0.6) is 0 Å². The molecule has 1 N–H and O–H groups in total. The van der Waals surface area contributed by atoms with E-state index >= 15 is 0 Å². The molecule has 2 bridgehead atoms. The molecule has 3 amide bonds. The Morgan fingerprint density at radius 1 is 0.971 bits per heavy atom. The standard InChI is InChI=1S/C23H28N4O6S/c1-33-23(30)24-17-4-6-18(7-5-17)34(31,32)26-11-8-25(9-12-26)10-13-27-21(28)19-15-2-3-16(14-15)20(19)22(27)29/h2-7,15-16,19-20H,8-14H2,1H3,(H,24,30)/t15-,16-,19-,20-/m0/s1. The predicted octanol–water partition coefficient (Wildman–Crippen LogP) is 0.978. The maximum atomic E-state index is 13.0. The molecule has 0 unspecified atom stereocenters. The number of hydrogen-bond donors (Lipinski definition) is 1.